The maximum atomic E-state index is 14.7. The van der Waals surface area contributed by atoms with Gasteiger partial charge in [-0.2, -0.15) is 5.10 Å². The molecule has 3 aromatic rings. The molecular formula is C22H27Cl2FN6O. The number of halogens is 3. The predicted molar refractivity (Wildman–Crippen MR) is 126 cm³/mol. The van der Waals surface area contributed by atoms with Crippen molar-refractivity contribution in [3.05, 3.63) is 40.3 Å². The third kappa shape index (κ3) is 4.55. The molecule has 0 amide bonds. The summed E-state index contributed by atoms with van der Waals surface area (Å²) in [6, 6.07) is 3.31. The Morgan fingerprint density at radius 1 is 1.28 bits per heavy atom. The topological polar surface area (TPSA) is 79.1 Å². The highest BCUT2D eigenvalue weighted by Gasteiger charge is 2.31. The van der Waals surface area contributed by atoms with E-state index in [0.717, 1.165) is 17.5 Å². The molecule has 10 heteroatoms. The van der Waals surface area contributed by atoms with Crippen molar-refractivity contribution in [2.75, 3.05) is 25.5 Å². The van der Waals surface area contributed by atoms with Gasteiger partial charge in [0.2, 0.25) is 5.95 Å². The van der Waals surface area contributed by atoms with Gasteiger partial charge in [-0.05, 0) is 58.5 Å². The first-order chi connectivity index (χ1) is 15.0. The Morgan fingerprint density at radius 2 is 2.03 bits per heavy atom. The second kappa shape index (κ2) is 8.74. The van der Waals surface area contributed by atoms with Crippen molar-refractivity contribution >= 4 is 45.7 Å². The maximum Gasteiger partial charge on any atom is 0.227 e. The van der Waals surface area contributed by atoms with E-state index in [9.17, 15) is 9.50 Å². The number of rotatable bonds is 5. The van der Waals surface area contributed by atoms with E-state index in [0.29, 0.717) is 40.3 Å². The van der Waals surface area contributed by atoms with Gasteiger partial charge in [-0.3, -0.25) is 0 Å². The van der Waals surface area contributed by atoms with Crippen LogP contribution in [0.15, 0.2) is 24.5 Å². The first-order valence-electron chi connectivity index (χ1n) is 10.6. The van der Waals surface area contributed by atoms with Gasteiger partial charge in [0, 0.05) is 29.1 Å². The fourth-order valence-corrected chi connectivity index (χ4v) is 4.54. The highest BCUT2D eigenvalue weighted by molar-refractivity contribution is 6.32. The molecule has 3 heterocycles. The van der Waals surface area contributed by atoms with Crippen molar-refractivity contribution in [2.24, 2.45) is 0 Å². The molecule has 0 bridgehead atoms. The molecule has 0 aliphatic carbocycles. The lowest BCUT2D eigenvalue weighted by atomic mass is 9.87. The molecule has 1 fully saturated rings. The predicted octanol–water partition coefficient (Wildman–Crippen LogP) is 4.97. The number of piperidine rings is 1. The number of benzene rings is 1. The number of fused-ring (bicyclic) bond motifs is 1. The number of likely N-dealkylation sites (tertiary alicyclic amines) is 1. The van der Waals surface area contributed by atoms with E-state index in [1.54, 1.807) is 37.0 Å². The van der Waals surface area contributed by atoms with Crippen molar-refractivity contribution in [3.63, 3.8) is 0 Å². The molecule has 3 unspecified atom stereocenters. The van der Waals surface area contributed by atoms with Crippen LogP contribution >= 0.6 is 23.2 Å². The molecular weight excluding hydrogens is 454 g/mol. The molecule has 0 saturated carbocycles. The first-order valence-corrected chi connectivity index (χ1v) is 11.3. The molecule has 32 heavy (non-hydrogen) atoms. The van der Waals surface area contributed by atoms with Gasteiger partial charge in [0.25, 0.3) is 0 Å². The third-order valence-electron chi connectivity index (χ3n) is 6.21. The Morgan fingerprint density at radius 3 is 2.72 bits per heavy atom. The fraction of sp³-hybridized carbons (Fsp3) is 0.500. The van der Waals surface area contributed by atoms with Crippen molar-refractivity contribution in [1.29, 1.82) is 0 Å². The van der Waals surface area contributed by atoms with E-state index in [4.69, 9.17) is 23.2 Å². The summed E-state index contributed by atoms with van der Waals surface area (Å²) < 4.78 is 16.3. The van der Waals surface area contributed by atoms with Crippen LogP contribution in [0, 0.1) is 0 Å². The first kappa shape index (κ1) is 23.2. The summed E-state index contributed by atoms with van der Waals surface area (Å²) in [5, 5.41) is 19.3. The summed E-state index contributed by atoms with van der Waals surface area (Å²) in [6.45, 7) is 6.44. The lowest BCUT2D eigenvalue weighted by molar-refractivity contribution is 0.0259. The maximum absolute atomic E-state index is 14.7. The van der Waals surface area contributed by atoms with Crippen molar-refractivity contribution in [2.45, 2.75) is 50.9 Å². The van der Waals surface area contributed by atoms with Crippen LogP contribution in [0.5, 0.6) is 0 Å². The summed E-state index contributed by atoms with van der Waals surface area (Å²) in [6.07, 6.45) is 2.95. The smallest absolute Gasteiger partial charge is 0.227 e. The minimum absolute atomic E-state index is 0.259. The Kier molecular flexibility index (Phi) is 6.33. The second-order valence-corrected chi connectivity index (χ2v) is 9.81. The van der Waals surface area contributed by atoms with Crippen molar-refractivity contribution in [3.8, 4) is 0 Å². The lowest BCUT2D eigenvalue weighted by Gasteiger charge is -2.33. The zero-order chi connectivity index (χ0) is 23.2. The summed E-state index contributed by atoms with van der Waals surface area (Å²) >= 11 is 13.0. The quantitative estimate of drug-likeness (QED) is 0.536. The number of aliphatic hydroxyl groups is 1. The number of hydrogen-bond donors (Lipinski definition) is 2. The van der Waals surface area contributed by atoms with E-state index >= 15 is 0 Å². The molecule has 172 valence electrons. The van der Waals surface area contributed by atoms with Crippen molar-refractivity contribution in [1.82, 2.24) is 24.6 Å². The normalized spacial score (nSPS) is 21.1. The number of aromatic nitrogens is 4. The molecule has 7 nitrogen and oxygen atoms in total. The molecule has 1 aromatic carbocycles. The summed E-state index contributed by atoms with van der Waals surface area (Å²) in [5.74, 6) is 0.0776. The molecule has 1 saturated heterocycles. The van der Waals surface area contributed by atoms with Gasteiger partial charge in [-0.15, -0.1) is 0 Å². The van der Waals surface area contributed by atoms with Gasteiger partial charge < -0.3 is 15.3 Å². The average molecular weight is 481 g/mol. The van der Waals surface area contributed by atoms with Crippen LogP contribution < -0.4 is 5.32 Å². The monoisotopic (exact) mass is 480 g/mol. The number of alkyl halides is 1. The van der Waals surface area contributed by atoms with Crippen LogP contribution in [-0.4, -0.2) is 61.7 Å². The number of anilines is 2. The van der Waals surface area contributed by atoms with Crippen LogP contribution in [0.2, 0.25) is 10.2 Å². The Labute approximate surface area is 196 Å². The van der Waals surface area contributed by atoms with Crippen molar-refractivity contribution < 1.29 is 9.50 Å². The van der Waals surface area contributed by atoms with Gasteiger partial charge in [-0.25, -0.2) is 19.0 Å². The van der Waals surface area contributed by atoms with Crippen LogP contribution in [0.4, 0.5) is 16.0 Å². The molecule has 3 atom stereocenters. The molecule has 1 aliphatic heterocycles. The fourth-order valence-electron chi connectivity index (χ4n) is 3.94. The minimum Gasteiger partial charge on any atom is -0.388 e. The van der Waals surface area contributed by atoms with E-state index in [1.165, 1.54) is 0 Å². The minimum atomic E-state index is -0.996. The second-order valence-electron chi connectivity index (χ2n) is 9.05. The van der Waals surface area contributed by atoms with E-state index in [2.05, 4.69) is 20.4 Å². The highest BCUT2D eigenvalue weighted by Crippen LogP contribution is 2.37. The SMILES string of the molecule is CC(n1ncc(Nc2ncc3cc(Cl)c(C4CCN(C)CC4F)cc3n2)c1Cl)C(C)(C)O. The molecule has 4 rings (SSSR count). The Balaban J connectivity index is 1.63. The standard InChI is InChI=1S/C22H27Cl2FN6O/c1-12(22(2,3)32)31-20(24)19(10-27-31)29-21-26-9-13-7-16(23)15(8-18(13)28-21)14-5-6-30(4)11-17(14)25/h7-10,12,14,17,32H,5-6,11H2,1-4H3,(H,26,28,29). The van der Waals surface area contributed by atoms with Gasteiger partial charge >= 0.3 is 0 Å². The van der Waals surface area contributed by atoms with Gasteiger partial charge in [0.05, 0.1) is 29.0 Å². The van der Waals surface area contributed by atoms with Gasteiger partial charge in [0.15, 0.2) is 5.15 Å². The van der Waals surface area contributed by atoms with E-state index in [-0.39, 0.29) is 12.0 Å². The van der Waals surface area contributed by atoms with Crippen LogP contribution in [0.25, 0.3) is 10.9 Å². The highest BCUT2D eigenvalue weighted by atomic mass is 35.5. The Bertz CT molecular complexity index is 1130. The Hall–Kier alpha value is -2.00. The van der Waals surface area contributed by atoms with Gasteiger partial charge in [0.1, 0.15) is 6.17 Å². The van der Waals surface area contributed by atoms with Gasteiger partial charge in [-0.1, -0.05) is 23.2 Å². The molecule has 0 radical (unpaired) electrons. The third-order valence-corrected chi connectivity index (χ3v) is 6.92. The lowest BCUT2D eigenvalue weighted by Crippen LogP contribution is -2.38. The number of nitrogens with one attached hydrogen (secondary N) is 1. The summed E-state index contributed by atoms with van der Waals surface area (Å²) in [4.78, 5) is 10.9. The van der Waals surface area contributed by atoms with Crippen LogP contribution in [0.1, 0.15) is 44.7 Å². The molecule has 0 spiro atoms. The zero-order valence-electron chi connectivity index (χ0n) is 18.5. The molecule has 2 aromatic heterocycles. The molecule has 1 aliphatic rings. The van der Waals surface area contributed by atoms with Crippen LogP contribution in [0.3, 0.4) is 0 Å². The summed E-state index contributed by atoms with van der Waals surface area (Å²) in [7, 11) is 1.92. The zero-order valence-corrected chi connectivity index (χ0v) is 20.0. The average Bonchev–Trinajstić information content (AvgIpc) is 3.07. The largest absolute Gasteiger partial charge is 0.388 e. The number of nitrogens with zero attached hydrogens (tertiary/aromatic N) is 5. The molecule has 2 N–H and O–H groups in total. The number of hydrogen-bond acceptors (Lipinski definition) is 6. The van der Waals surface area contributed by atoms with Crippen LogP contribution in [-0.2, 0) is 0 Å². The van der Waals surface area contributed by atoms with E-state index < -0.39 is 11.8 Å². The van der Waals surface area contributed by atoms with E-state index in [1.807, 2.05) is 24.9 Å². The summed E-state index contributed by atoms with van der Waals surface area (Å²) in [5.41, 5.74) is 0.968.